The van der Waals surface area contributed by atoms with Crippen LogP contribution in [0, 0.1) is 13.8 Å². The summed E-state index contributed by atoms with van der Waals surface area (Å²) in [7, 11) is 1.37. The third-order valence-electron chi connectivity index (χ3n) is 8.18. The second-order valence-corrected chi connectivity index (χ2v) is 11.2. The number of nitrogens with zero attached hydrogens (tertiary/aromatic N) is 3. The summed E-state index contributed by atoms with van der Waals surface area (Å²) in [5.74, 6) is -0.456. The number of esters is 1. The Bertz CT molecular complexity index is 1850. The van der Waals surface area contributed by atoms with Crippen LogP contribution in [-0.2, 0) is 9.53 Å². The first-order valence-corrected chi connectivity index (χ1v) is 14.9. The second kappa shape index (κ2) is 12.3. The number of thiocarbonyl (C=S) groups is 1. The van der Waals surface area contributed by atoms with Crippen molar-refractivity contribution in [2.75, 3.05) is 19.0 Å². The highest BCUT2D eigenvalue weighted by atomic mass is 32.1. The fourth-order valence-corrected chi connectivity index (χ4v) is 6.43. The molecule has 5 aromatic rings. The Morgan fingerprint density at radius 1 is 0.977 bits per heavy atom. The van der Waals surface area contributed by atoms with Gasteiger partial charge in [-0.15, -0.1) is 0 Å². The van der Waals surface area contributed by atoms with Crippen molar-refractivity contribution in [2.45, 2.75) is 32.4 Å². The number of rotatable bonds is 8. The van der Waals surface area contributed by atoms with Gasteiger partial charge in [0.2, 0.25) is 5.91 Å². The van der Waals surface area contributed by atoms with Crippen LogP contribution in [0.1, 0.15) is 51.5 Å². The molecule has 0 saturated carbocycles. The maximum absolute atomic E-state index is 13.3. The predicted molar refractivity (Wildman–Crippen MR) is 176 cm³/mol. The van der Waals surface area contributed by atoms with Gasteiger partial charge in [-0.2, -0.15) is 0 Å². The van der Waals surface area contributed by atoms with Crippen LogP contribution in [0.3, 0.4) is 0 Å². The Hall–Kier alpha value is -5.02. The molecule has 8 nitrogen and oxygen atoms in total. The first-order chi connectivity index (χ1) is 21.4. The summed E-state index contributed by atoms with van der Waals surface area (Å²) in [6.07, 6.45) is 2.04. The second-order valence-electron chi connectivity index (χ2n) is 10.8. The van der Waals surface area contributed by atoms with Crippen LogP contribution in [0.25, 0.3) is 16.5 Å². The van der Waals surface area contributed by atoms with Crippen LogP contribution in [0.15, 0.2) is 97.2 Å². The van der Waals surface area contributed by atoms with E-state index in [-0.39, 0.29) is 30.4 Å². The van der Waals surface area contributed by atoms with Crippen molar-refractivity contribution in [3.63, 3.8) is 0 Å². The lowest BCUT2D eigenvalue weighted by Gasteiger charge is -2.28. The molecule has 3 aromatic carbocycles. The summed E-state index contributed by atoms with van der Waals surface area (Å²) in [4.78, 5) is 32.0. The third kappa shape index (κ3) is 5.54. The molecule has 0 spiro atoms. The van der Waals surface area contributed by atoms with Gasteiger partial charge in [0.05, 0.1) is 30.5 Å². The van der Waals surface area contributed by atoms with Crippen LogP contribution < -0.4 is 10.6 Å². The van der Waals surface area contributed by atoms with Crippen LogP contribution >= 0.6 is 12.2 Å². The van der Waals surface area contributed by atoms with Gasteiger partial charge in [0.15, 0.2) is 5.11 Å². The van der Waals surface area contributed by atoms with Crippen LogP contribution in [0.2, 0.25) is 0 Å². The SMILES string of the molecule is COC(=O)c1ccc(-n2c(C)cc([C@H]3[C@H](c4ccccn4)NC(=S)N3CCC(=O)Nc3cccc4ccccc34)c2C)cc1. The number of amides is 1. The molecule has 9 heteroatoms. The first-order valence-electron chi connectivity index (χ1n) is 14.5. The monoisotopic (exact) mass is 603 g/mol. The molecular formula is C35H33N5O3S. The third-order valence-corrected chi connectivity index (χ3v) is 8.53. The number of hydrogen-bond donors (Lipinski definition) is 2. The van der Waals surface area contributed by atoms with E-state index in [1.807, 2.05) is 72.8 Å². The highest BCUT2D eigenvalue weighted by Crippen LogP contribution is 2.41. The van der Waals surface area contributed by atoms with Gasteiger partial charge in [0.25, 0.3) is 0 Å². The fraction of sp³-hybridized carbons (Fsp3) is 0.200. The van der Waals surface area contributed by atoms with Crippen LogP contribution in [-0.4, -0.2) is 45.1 Å². The minimum atomic E-state index is -0.373. The van der Waals surface area contributed by atoms with Crippen molar-refractivity contribution in [3.8, 4) is 5.69 Å². The van der Waals surface area contributed by atoms with E-state index in [1.54, 1.807) is 18.3 Å². The molecule has 0 radical (unpaired) electrons. The molecule has 1 aliphatic heterocycles. The van der Waals surface area contributed by atoms with Crippen LogP contribution in [0.4, 0.5) is 5.69 Å². The number of methoxy groups -OCH3 is 1. The fourth-order valence-electron chi connectivity index (χ4n) is 6.10. The minimum absolute atomic E-state index is 0.0830. The number of aromatic nitrogens is 2. The van der Waals surface area contributed by atoms with E-state index in [1.165, 1.54) is 7.11 Å². The highest BCUT2D eigenvalue weighted by molar-refractivity contribution is 7.80. The Morgan fingerprint density at radius 2 is 1.73 bits per heavy atom. The number of anilines is 1. The van der Waals surface area contributed by atoms with Gasteiger partial charge < -0.3 is 24.8 Å². The number of nitrogens with one attached hydrogen (secondary N) is 2. The predicted octanol–water partition coefficient (Wildman–Crippen LogP) is 6.43. The zero-order valence-electron chi connectivity index (χ0n) is 24.8. The van der Waals surface area contributed by atoms with Crippen molar-refractivity contribution in [3.05, 3.63) is 125 Å². The van der Waals surface area contributed by atoms with E-state index < -0.39 is 0 Å². The topological polar surface area (TPSA) is 88.5 Å². The lowest BCUT2D eigenvalue weighted by molar-refractivity contribution is -0.116. The average Bonchev–Trinajstić information content (AvgIpc) is 3.54. The van der Waals surface area contributed by atoms with E-state index in [0.29, 0.717) is 17.2 Å². The van der Waals surface area contributed by atoms with Crippen molar-refractivity contribution in [1.82, 2.24) is 19.8 Å². The molecule has 2 N–H and O–H groups in total. The lowest BCUT2D eigenvalue weighted by Crippen LogP contribution is -2.33. The van der Waals surface area contributed by atoms with Gasteiger partial charge in [0.1, 0.15) is 0 Å². The number of fused-ring (bicyclic) bond motifs is 1. The summed E-state index contributed by atoms with van der Waals surface area (Å²) < 4.78 is 7.03. The molecule has 0 aliphatic carbocycles. The molecule has 1 amide bonds. The van der Waals surface area contributed by atoms with E-state index in [2.05, 4.69) is 45.0 Å². The molecule has 44 heavy (non-hydrogen) atoms. The molecule has 2 aromatic heterocycles. The van der Waals surface area contributed by atoms with Crippen molar-refractivity contribution in [2.24, 2.45) is 0 Å². The molecule has 1 aliphatic rings. The van der Waals surface area contributed by atoms with Crippen molar-refractivity contribution >= 4 is 45.7 Å². The number of aryl methyl sites for hydroxylation is 1. The Labute approximate surface area is 261 Å². The summed E-state index contributed by atoms with van der Waals surface area (Å²) in [6, 6.07) is 28.9. The maximum Gasteiger partial charge on any atom is 0.337 e. The van der Waals surface area contributed by atoms with Gasteiger partial charge >= 0.3 is 5.97 Å². The molecule has 2 atom stereocenters. The van der Waals surface area contributed by atoms with Gasteiger partial charge in [-0.05, 0) is 85.5 Å². The molecule has 3 heterocycles. The zero-order chi connectivity index (χ0) is 30.8. The van der Waals surface area contributed by atoms with E-state index >= 15 is 0 Å². The minimum Gasteiger partial charge on any atom is -0.465 e. The van der Waals surface area contributed by atoms with Gasteiger partial charge in [-0.1, -0.05) is 42.5 Å². The van der Waals surface area contributed by atoms with E-state index in [0.717, 1.165) is 44.8 Å². The molecule has 0 bridgehead atoms. The Morgan fingerprint density at radius 3 is 2.48 bits per heavy atom. The Kier molecular flexibility index (Phi) is 8.13. The van der Waals surface area contributed by atoms with E-state index in [4.69, 9.17) is 17.0 Å². The number of carbonyl (C=O) groups is 2. The molecule has 1 fully saturated rings. The molecule has 0 unspecified atom stereocenters. The molecule has 6 rings (SSSR count). The molecule has 222 valence electrons. The van der Waals surface area contributed by atoms with Gasteiger partial charge in [-0.3, -0.25) is 9.78 Å². The summed E-state index contributed by atoms with van der Waals surface area (Å²) >= 11 is 5.87. The molecular weight excluding hydrogens is 570 g/mol. The molecule has 1 saturated heterocycles. The van der Waals surface area contributed by atoms with E-state index in [9.17, 15) is 9.59 Å². The maximum atomic E-state index is 13.3. The van der Waals surface area contributed by atoms with Crippen molar-refractivity contribution < 1.29 is 14.3 Å². The van der Waals surface area contributed by atoms with Gasteiger partial charge in [0, 0.05) is 47.3 Å². The summed E-state index contributed by atoms with van der Waals surface area (Å²) in [6.45, 7) is 4.57. The Balaban J connectivity index is 1.30. The number of carbonyl (C=O) groups excluding carboxylic acids is 2. The normalized spacial score (nSPS) is 16.2. The largest absolute Gasteiger partial charge is 0.465 e. The zero-order valence-corrected chi connectivity index (χ0v) is 25.6. The summed E-state index contributed by atoms with van der Waals surface area (Å²) in [5.41, 5.74) is 6.24. The number of ether oxygens (including phenoxy) is 1. The summed E-state index contributed by atoms with van der Waals surface area (Å²) in [5, 5.41) is 9.25. The standard InChI is InChI=1S/C35H33N5O3S/c1-22-21-28(23(2)40(22)26-16-14-25(15-17-26)34(42)43-3)33-32(30-12-6-7-19-36-30)38-35(44)39(33)20-18-31(41)37-29-13-8-10-24-9-4-5-11-27(24)29/h4-17,19,21,32-33H,18,20H2,1-3H3,(H,37,41)(H,38,44)/t32-,33-/m0/s1. The number of benzene rings is 3. The lowest BCUT2D eigenvalue weighted by atomic mass is 9.96. The first kappa shape index (κ1) is 29.1. The number of pyridine rings is 1. The van der Waals surface area contributed by atoms with Crippen molar-refractivity contribution in [1.29, 1.82) is 0 Å². The number of hydrogen-bond acceptors (Lipinski definition) is 5. The highest BCUT2D eigenvalue weighted by Gasteiger charge is 2.41. The quantitative estimate of drug-likeness (QED) is 0.156. The van der Waals surface area contributed by atoms with Gasteiger partial charge in [-0.25, -0.2) is 4.79 Å². The average molecular weight is 604 g/mol. The van der Waals surface area contributed by atoms with Crippen LogP contribution in [0.5, 0.6) is 0 Å². The smallest absolute Gasteiger partial charge is 0.337 e.